The first-order valence-electron chi connectivity index (χ1n) is 12.1. The predicted octanol–water partition coefficient (Wildman–Crippen LogP) is 7.15. The molecule has 0 aromatic heterocycles. The van der Waals surface area contributed by atoms with E-state index in [1.54, 1.807) is 5.56 Å². The molecule has 0 bridgehead atoms. The third kappa shape index (κ3) is 6.59. The lowest BCUT2D eigenvalue weighted by Crippen LogP contribution is -2.21. The summed E-state index contributed by atoms with van der Waals surface area (Å²) >= 11 is 0. The number of hydrogen-bond donors (Lipinski definition) is 1. The second-order valence-electron chi connectivity index (χ2n) is 9.37. The highest BCUT2D eigenvalue weighted by Crippen LogP contribution is 2.34. The summed E-state index contributed by atoms with van der Waals surface area (Å²) in [4.78, 5) is 0. The molecule has 2 fully saturated rings. The van der Waals surface area contributed by atoms with E-state index in [-0.39, 0.29) is 0 Å². The van der Waals surface area contributed by atoms with Gasteiger partial charge in [-0.3, -0.25) is 0 Å². The highest BCUT2D eigenvalue weighted by Gasteiger charge is 2.20. The molecule has 2 aliphatic carbocycles. The maximum atomic E-state index is 5.90. The third-order valence-corrected chi connectivity index (χ3v) is 7.45. The minimum Gasteiger partial charge on any atom is -0.381 e. The highest BCUT2D eigenvalue weighted by molar-refractivity contribution is 5.27. The molecule has 0 aliphatic heterocycles. The van der Waals surface area contributed by atoms with Crippen LogP contribution in [0.3, 0.4) is 0 Å². The molecule has 0 heterocycles. The minimum absolute atomic E-state index is 0.417. The minimum atomic E-state index is 0.417. The van der Waals surface area contributed by atoms with Crippen molar-refractivity contribution < 1.29 is 4.74 Å². The number of hydrogen-bond acceptors (Lipinski definition) is 2. The molecular formula is C26H43NO. The van der Waals surface area contributed by atoms with E-state index < -0.39 is 0 Å². The SMILES string of the molecule is CNC(CCC(CC1CCCCCC1)OC)c1ccc(C2CCCCC2)cc1. The quantitative estimate of drug-likeness (QED) is 0.456. The Morgan fingerprint density at radius 2 is 1.46 bits per heavy atom. The van der Waals surface area contributed by atoms with Gasteiger partial charge in [-0.2, -0.15) is 0 Å². The van der Waals surface area contributed by atoms with Crippen molar-refractivity contribution in [2.24, 2.45) is 5.92 Å². The largest absolute Gasteiger partial charge is 0.381 e. The van der Waals surface area contributed by atoms with Gasteiger partial charge in [-0.25, -0.2) is 0 Å². The molecule has 1 N–H and O–H groups in total. The van der Waals surface area contributed by atoms with Gasteiger partial charge in [-0.15, -0.1) is 0 Å². The lowest BCUT2D eigenvalue weighted by Gasteiger charge is -2.25. The summed E-state index contributed by atoms with van der Waals surface area (Å²) in [6.07, 6.45) is 19.5. The zero-order valence-corrected chi connectivity index (χ0v) is 18.4. The maximum absolute atomic E-state index is 5.90. The normalized spacial score (nSPS) is 21.9. The Hall–Kier alpha value is -0.860. The summed E-state index contributed by atoms with van der Waals surface area (Å²) in [5.74, 6) is 1.68. The number of rotatable bonds is 9. The summed E-state index contributed by atoms with van der Waals surface area (Å²) in [6, 6.07) is 9.98. The predicted molar refractivity (Wildman–Crippen MR) is 120 cm³/mol. The number of nitrogens with one attached hydrogen (secondary N) is 1. The van der Waals surface area contributed by atoms with Crippen LogP contribution in [0.4, 0.5) is 0 Å². The smallest absolute Gasteiger partial charge is 0.0574 e. The van der Waals surface area contributed by atoms with Crippen LogP contribution in [0.2, 0.25) is 0 Å². The molecule has 0 radical (unpaired) electrons. The van der Waals surface area contributed by atoms with Crippen LogP contribution < -0.4 is 5.32 Å². The van der Waals surface area contributed by atoms with E-state index >= 15 is 0 Å². The van der Waals surface area contributed by atoms with Gasteiger partial charge in [-0.1, -0.05) is 82.1 Å². The third-order valence-electron chi connectivity index (χ3n) is 7.45. The van der Waals surface area contributed by atoms with E-state index in [1.165, 1.54) is 82.6 Å². The Kier molecular flexibility index (Phi) is 9.34. The Balaban J connectivity index is 1.50. The van der Waals surface area contributed by atoms with E-state index in [4.69, 9.17) is 4.74 Å². The molecule has 28 heavy (non-hydrogen) atoms. The lowest BCUT2D eigenvalue weighted by atomic mass is 9.83. The van der Waals surface area contributed by atoms with Gasteiger partial charge >= 0.3 is 0 Å². The van der Waals surface area contributed by atoms with Gasteiger partial charge in [0, 0.05) is 13.2 Å². The van der Waals surface area contributed by atoms with Crippen molar-refractivity contribution in [3.63, 3.8) is 0 Å². The molecule has 1 aromatic rings. The second kappa shape index (κ2) is 12.0. The fourth-order valence-electron chi connectivity index (χ4n) is 5.57. The van der Waals surface area contributed by atoms with Gasteiger partial charge in [0.25, 0.3) is 0 Å². The molecule has 0 amide bonds. The lowest BCUT2D eigenvalue weighted by molar-refractivity contribution is 0.0668. The Morgan fingerprint density at radius 1 is 0.857 bits per heavy atom. The zero-order valence-electron chi connectivity index (χ0n) is 18.4. The molecule has 0 spiro atoms. The highest BCUT2D eigenvalue weighted by atomic mass is 16.5. The summed E-state index contributed by atoms with van der Waals surface area (Å²) in [7, 11) is 4.02. The van der Waals surface area contributed by atoms with Crippen molar-refractivity contribution in [1.29, 1.82) is 0 Å². The first kappa shape index (κ1) is 21.8. The van der Waals surface area contributed by atoms with Gasteiger partial charge in [0.05, 0.1) is 6.10 Å². The van der Waals surface area contributed by atoms with E-state index in [0.29, 0.717) is 12.1 Å². The van der Waals surface area contributed by atoms with Crippen molar-refractivity contribution in [1.82, 2.24) is 5.32 Å². The van der Waals surface area contributed by atoms with Crippen molar-refractivity contribution in [2.45, 2.75) is 108 Å². The van der Waals surface area contributed by atoms with Crippen LogP contribution in [-0.2, 0) is 4.74 Å². The average Bonchev–Trinajstić information content (AvgIpc) is 3.03. The van der Waals surface area contributed by atoms with Crippen LogP contribution in [0.1, 0.15) is 113 Å². The average molecular weight is 386 g/mol. The van der Waals surface area contributed by atoms with E-state index in [0.717, 1.165) is 24.7 Å². The number of ether oxygens (including phenoxy) is 1. The van der Waals surface area contributed by atoms with Gasteiger partial charge in [0.15, 0.2) is 0 Å². The first-order chi connectivity index (χ1) is 13.8. The fraction of sp³-hybridized carbons (Fsp3) is 0.769. The molecular weight excluding hydrogens is 342 g/mol. The monoisotopic (exact) mass is 385 g/mol. The molecule has 1 aromatic carbocycles. The van der Waals surface area contributed by atoms with Crippen LogP contribution >= 0.6 is 0 Å². The molecule has 3 rings (SSSR count). The molecule has 158 valence electrons. The molecule has 0 saturated heterocycles. The molecule has 2 heteroatoms. The number of benzene rings is 1. The summed E-state index contributed by atoms with van der Waals surface area (Å²) < 4.78 is 5.90. The van der Waals surface area contributed by atoms with E-state index in [2.05, 4.69) is 36.6 Å². The molecule has 2 nitrogen and oxygen atoms in total. The molecule has 2 atom stereocenters. The summed E-state index contributed by atoms with van der Waals surface area (Å²) in [5, 5.41) is 3.55. The van der Waals surface area contributed by atoms with Crippen LogP contribution in [0.5, 0.6) is 0 Å². The van der Waals surface area contributed by atoms with Crippen molar-refractivity contribution in [3.8, 4) is 0 Å². The maximum Gasteiger partial charge on any atom is 0.0574 e. The van der Waals surface area contributed by atoms with E-state index in [1.807, 2.05) is 7.11 Å². The van der Waals surface area contributed by atoms with Gasteiger partial charge in [-0.05, 0) is 62.1 Å². The molecule has 2 saturated carbocycles. The van der Waals surface area contributed by atoms with E-state index in [9.17, 15) is 0 Å². The Morgan fingerprint density at radius 3 is 2.07 bits per heavy atom. The topological polar surface area (TPSA) is 21.3 Å². The standard InChI is InChI=1S/C26H43NO/c1-27-26(19-18-25(28-2)20-21-10-6-3-4-7-11-21)24-16-14-23(15-17-24)22-12-8-5-9-13-22/h14-17,21-22,25-27H,3-13,18-20H2,1-2H3. The molecule has 2 unspecified atom stereocenters. The van der Waals surface area contributed by atoms with Gasteiger partial charge < -0.3 is 10.1 Å². The zero-order chi connectivity index (χ0) is 19.6. The van der Waals surface area contributed by atoms with Gasteiger partial charge in [0.2, 0.25) is 0 Å². The van der Waals surface area contributed by atoms with Crippen LogP contribution in [0, 0.1) is 5.92 Å². The first-order valence-corrected chi connectivity index (χ1v) is 12.1. The van der Waals surface area contributed by atoms with Crippen LogP contribution in [0.25, 0.3) is 0 Å². The Bertz CT molecular complexity index is 526. The summed E-state index contributed by atoms with van der Waals surface area (Å²) in [6.45, 7) is 0. The number of methoxy groups -OCH3 is 1. The fourth-order valence-corrected chi connectivity index (χ4v) is 5.57. The van der Waals surface area contributed by atoms with Crippen molar-refractivity contribution in [3.05, 3.63) is 35.4 Å². The summed E-state index contributed by atoms with van der Waals surface area (Å²) in [5.41, 5.74) is 2.99. The van der Waals surface area contributed by atoms with Crippen LogP contribution in [0.15, 0.2) is 24.3 Å². The second-order valence-corrected chi connectivity index (χ2v) is 9.37. The van der Waals surface area contributed by atoms with Crippen LogP contribution in [-0.4, -0.2) is 20.3 Å². The Labute approximate surface area is 173 Å². The molecule has 2 aliphatic rings. The van der Waals surface area contributed by atoms with Gasteiger partial charge in [0.1, 0.15) is 0 Å². The van der Waals surface area contributed by atoms with Crippen molar-refractivity contribution in [2.75, 3.05) is 14.2 Å². The van der Waals surface area contributed by atoms with Crippen molar-refractivity contribution >= 4 is 0 Å².